The fourth-order valence-corrected chi connectivity index (χ4v) is 2.69. The molecular formula is C19H21N5O4. The summed E-state index contributed by atoms with van der Waals surface area (Å²) in [6.07, 6.45) is 0. The highest BCUT2D eigenvalue weighted by molar-refractivity contribution is 5.57. The highest BCUT2D eigenvalue weighted by atomic mass is 16.6. The number of hydrogen-bond donors (Lipinski definition) is 2. The van der Waals surface area contributed by atoms with Gasteiger partial charge in [0.2, 0.25) is 0 Å². The number of ether oxygens (including phenoxy) is 2. The Labute approximate surface area is 161 Å². The molecule has 0 bridgehead atoms. The zero-order valence-electron chi connectivity index (χ0n) is 15.6. The number of H-pyrrole nitrogens is 1. The quantitative estimate of drug-likeness (QED) is 0.451. The van der Waals surface area contributed by atoms with Crippen LogP contribution in [0.3, 0.4) is 0 Å². The fourth-order valence-electron chi connectivity index (χ4n) is 2.69. The second-order valence-corrected chi connectivity index (χ2v) is 5.90. The normalized spacial score (nSPS) is 11.8. The first-order valence-corrected chi connectivity index (χ1v) is 8.85. The third-order valence-corrected chi connectivity index (χ3v) is 4.06. The lowest BCUT2D eigenvalue weighted by Gasteiger charge is -2.14. The van der Waals surface area contributed by atoms with Crippen molar-refractivity contribution in [1.29, 1.82) is 0 Å². The lowest BCUT2D eigenvalue weighted by molar-refractivity contribution is -0.384. The predicted molar refractivity (Wildman–Crippen MR) is 103 cm³/mol. The molecule has 0 amide bonds. The summed E-state index contributed by atoms with van der Waals surface area (Å²) < 4.78 is 11.2. The van der Waals surface area contributed by atoms with Crippen LogP contribution in [0.4, 0.5) is 5.69 Å². The van der Waals surface area contributed by atoms with Gasteiger partial charge >= 0.3 is 0 Å². The first kappa shape index (κ1) is 19.3. The van der Waals surface area contributed by atoms with E-state index in [1.807, 2.05) is 32.0 Å². The summed E-state index contributed by atoms with van der Waals surface area (Å²) in [6.45, 7) is 4.84. The lowest BCUT2D eigenvalue weighted by Crippen LogP contribution is -2.14. The van der Waals surface area contributed by atoms with Crippen molar-refractivity contribution < 1.29 is 14.4 Å². The molecule has 1 atom stereocenters. The van der Waals surface area contributed by atoms with Crippen molar-refractivity contribution in [2.75, 3.05) is 13.2 Å². The molecule has 0 saturated carbocycles. The van der Waals surface area contributed by atoms with E-state index in [0.29, 0.717) is 41.9 Å². The summed E-state index contributed by atoms with van der Waals surface area (Å²) >= 11 is 0. The van der Waals surface area contributed by atoms with E-state index >= 15 is 0 Å². The number of nitro benzene ring substituents is 1. The van der Waals surface area contributed by atoms with E-state index in [1.54, 1.807) is 12.1 Å². The Morgan fingerprint density at radius 3 is 2.43 bits per heavy atom. The number of non-ortho nitro benzene ring substituents is 1. The zero-order chi connectivity index (χ0) is 20.1. The molecule has 1 aromatic heterocycles. The summed E-state index contributed by atoms with van der Waals surface area (Å²) in [6, 6.07) is 11.0. The van der Waals surface area contributed by atoms with Gasteiger partial charge in [0.1, 0.15) is 5.82 Å². The van der Waals surface area contributed by atoms with Gasteiger partial charge in [-0.2, -0.15) is 5.10 Å². The van der Waals surface area contributed by atoms with Gasteiger partial charge in [0.25, 0.3) is 5.69 Å². The molecule has 1 heterocycles. The summed E-state index contributed by atoms with van der Waals surface area (Å²) in [5.41, 5.74) is 7.79. The second-order valence-electron chi connectivity index (χ2n) is 5.90. The minimum Gasteiger partial charge on any atom is -0.490 e. The van der Waals surface area contributed by atoms with Crippen LogP contribution in [-0.2, 0) is 0 Å². The number of nitrogens with one attached hydrogen (secondary N) is 1. The van der Waals surface area contributed by atoms with Gasteiger partial charge in [0, 0.05) is 17.7 Å². The Kier molecular flexibility index (Phi) is 5.85. The van der Waals surface area contributed by atoms with Crippen LogP contribution in [0, 0.1) is 10.1 Å². The van der Waals surface area contributed by atoms with Crippen LogP contribution >= 0.6 is 0 Å². The lowest BCUT2D eigenvalue weighted by atomic mass is 10.1. The van der Waals surface area contributed by atoms with E-state index in [9.17, 15) is 10.1 Å². The van der Waals surface area contributed by atoms with Gasteiger partial charge in [-0.15, -0.1) is 0 Å². The van der Waals surface area contributed by atoms with Crippen LogP contribution in [0.15, 0.2) is 42.5 Å². The van der Waals surface area contributed by atoms with Gasteiger partial charge in [-0.1, -0.05) is 6.07 Å². The van der Waals surface area contributed by atoms with Gasteiger partial charge in [-0.05, 0) is 43.7 Å². The van der Waals surface area contributed by atoms with E-state index in [4.69, 9.17) is 15.2 Å². The maximum atomic E-state index is 10.8. The number of nitrogens with zero attached hydrogens (tertiary/aromatic N) is 3. The molecule has 0 radical (unpaired) electrons. The molecule has 146 valence electrons. The van der Waals surface area contributed by atoms with E-state index in [2.05, 4.69) is 15.2 Å². The van der Waals surface area contributed by atoms with Crippen molar-refractivity contribution in [1.82, 2.24) is 15.2 Å². The molecule has 2 aromatic carbocycles. The third kappa shape index (κ3) is 4.09. The zero-order valence-corrected chi connectivity index (χ0v) is 15.6. The molecule has 3 aromatic rings. The van der Waals surface area contributed by atoms with Crippen LogP contribution in [0.25, 0.3) is 11.4 Å². The Morgan fingerprint density at radius 2 is 1.79 bits per heavy atom. The molecule has 3 N–H and O–H groups in total. The molecule has 0 spiro atoms. The van der Waals surface area contributed by atoms with Crippen LogP contribution in [0.2, 0.25) is 0 Å². The van der Waals surface area contributed by atoms with Gasteiger partial charge < -0.3 is 15.2 Å². The van der Waals surface area contributed by atoms with Gasteiger partial charge in [-0.25, -0.2) is 4.98 Å². The Balaban J connectivity index is 1.84. The molecule has 9 nitrogen and oxygen atoms in total. The van der Waals surface area contributed by atoms with Crippen LogP contribution in [-0.4, -0.2) is 33.3 Å². The monoisotopic (exact) mass is 383 g/mol. The molecule has 0 aliphatic heterocycles. The standard InChI is InChI=1S/C19H21N5O4/c1-3-27-15-10-7-13(11-16(15)28-4-2)17(20)19-21-18(22-23-19)12-5-8-14(9-6-12)24(25)26/h5-11,17H,3-4,20H2,1-2H3,(H,21,22,23)/t17-/m1/s1. The van der Waals surface area contributed by atoms with Crippen molar-refractivity contribution in [3.63, 3.8) is 0 Å². The van der Waals surface area contributed by atoms with E-state index in [1.165, 1.54) is 12.1 Å². The highest BCUT2D eigenvalue weighted by Crippen LogP contribution is 2.31. The molecule has 0 unspecified atom stereocenters. The predicted octanol–water partition coefficient (Wildman–Crippen LogP) is 3.23. The van der Waals surface area contributed by atoms with Crippen molar-refractivity contribution in [3.05, 3.63) is 64.0 Å². The first-order valence-electron chi connectivity index (χ1n) is 8.85. The minimum atomic E-state index is -0.547. The molecule has 28 heavy (non-hydrogen) atoms. The van der Waals surface area contributed by atoms with Crippen LogP contribution in [0.5, 0.6) is 11.5 Å². The number of benzene rings is 2. The Bertz CT molecular complexity index is 955. The Morgan fingerprint density at radius 1 is 1.11 bits per heavy atom. The average Bonchev–Trinajstić information content (AvgIpc) is 3.19. The highest BCUT2D eigenvalue weighted by Gasteiger charge is 2.18. The molecule has 0 aliphatic rings. The molecule has 9 heteroatoms. The summed E-state index contributed by atoms with van der Waals surface area (Å²) in [5, 5.41) is 17.8. The number of rotatable bonds is 8. The second kappa shape index (κ2) is 8.49. The van der Waals surface area contributed by atoms with E-state index in [0.717, 1.165) is 5.56 Å². The van der Waals surface area contributed by atoms with Crippen LogP contribution in [0.1, 0.15) is 31.3 Å². The van der Waals surface area contributed by atoms with Gasteiger partial charge in [0.15, 0.2) is 17.3 Å². The summed E-state index contributed by atoms with van der Waals surface area (Å²) in [4.78, 5) is 14.7. The number of aromatic nitrogens is 3. The summed E-state index contributed by atoms with van der Waals surface area (Å²) in [7, 11) is 0. The minimum absolute atomic E-state index is 0.00838. The molecule has 0 saturated heterocycles. The molecule has 0 aliphatic carbocycles. The number of aromatic amines is 1. The number of hydrogen-bond acceptors (Lipinski definition) is 7. The smallest absolute Gasteiger partial charge is 0.269 e. The third-order valence-electron chi connectivity index (χ3n) is 4.06. The maximum absolute atomic E-state index is 10.8. The van der Waals surface area contributed by atoms with Crippen molar-refractivity contribution in [2.45, 2.75) is 19.9 Å². The van der Waals surface area contributed by atoms with E-state index in [-0.39, 0.29) is 5.69 Å². The Hall–Kier alpha value is -3.46. The molecular weight excluding hydrogens is 362 g/mol. The number of nitro groups is 1. The molecule has 0 fully saturated rings. The van der Waals surface area contributed by atoms with E-state index < -0.39 is 11.0 Å². The topological polar surface area (TPSA) is 129 Å². The summed E-state index contributed by atoms with van der Waals surface area (Å²) in [5.74, 6) is 2.16. The maximum Gasteiger partial charge on any atom is 0.269 e. The van der Waals surface area contributed by atoms with Crippen molar-refractivity contribution in [2.24, 2.45) is 5.73 Å². The van der Waals surface area contributed by atoms with Crippen LogP contribution < -0.4 is 15.2 Å². The first-order chi connectivity index (χ1) is 13.5. The average molecular weight is 383 g/mol. The van der Waals surface area contributed by atoms with Crippen molar-refractivity contribution >= 4 is 5.69 Å². The fraction of sp³-hybridized carbons (Fsp3) is 0.263. The van der Waals surface area contributed by atoms with Crippen molar-refractivity contribution in [3.8, 4) is 22.9 Å². The SMILES string of the molecule is CCOc1ccc([C@@H](N)c2nc(-c3ccc([N+](=O)[O-])cc3)n[nH]2)cc1OCC. The molecule has 3 rings (SSSR count). The van der Waals surface area contributed by atoms with Gasteiger partial charge in [-0.3, -0.25) is 15.2 Å². The van der Waals surface area contributed by atoms with Gasteiger partial charge in [0.05, 0.1) is 24.2 Å². The largest absolute Gasteiger partial charge is 0.490 e. The number of nitrogens with two attached hydrogens (primary N) is 1.